The van der Waals surface area contributed by atoms with E-state index in [1.165, 1.54) is 24.3 Å². The largest absolute Gasteiger partial charge is 0.545 e. The van der Waals surface area contributed by atoms with Crippen LogP contribution in [0.5, 0.6) is 0 Å². The number of nitro groups is 1. The van der Waals surface area contributed by atoms with E-state index >= 15 is 0 Å². The maximum Gasteiger partial charge on any atom is 0.280 e. The first-order valence-corrected chi connectivity index (χ1v) is 5.30. The van der Waals surface area contributed by atoms with Crippen LogP contribution in [-0.4, -0.2) is 10.9 Å². The molecule has 2 rings (SSSR count). The summed E-state index contributed by atoms with van der Waals surface area (Å²) in [5.74, 6) is -0.772. The Morgan fingerprint density at radius 2 is 1.95 bits per heavy atom. The predicted molar refractivity (Wildman–Crippen MR) is 64.8 cm³/mol. The van der Waals surface area contributed by atoms with Gasteiger partial charge in [-0.2, -0.15) is 0 Å². The van der Waals surface area contributed by atoms with Gasteiger partial charge in [0.2, 0.25) is 0 Å². The van der Waals surface area contributed by atoms with Gasteiger partial charge >= 0.3 is 0 Å². The molecule has 1 aromatic heterocycles. The Labute approximate surface area is 107 Å². The monoisotopic (exact) mass is 258 g/mol. The molecule has 0 bridgehead atoms. The molecular weight excluding hydrogens is 250 g/mol. The van der Waals surface area contributed by atoms with E-state index in [0.717, 1.165) is 6.08 Å². The SMILES string of the molecule is O=C([O-])C=Cc1ccc(-c2ccccc2[N+](=O)[O-])o1. The molecule has 2 aromatic rings. The van der Waals surface area contributed by atoms with Crippen LogP contribution in [0.4, 0.5) is 5.69 Å². The molecule has 1 aromatic carbocycles. The second-order valence-electron chi connectivity index (χ2n) is 3.63. The zero-order chi connectivity index (χ0) is 13.8. The Morgan fingerprint density at radius 1 is 1.21 bits per heavy atom. The number of rotatable bonds is 4. The first-order valence-electron chi connectivity index (χ1n) is 5.30. The van der Waals surface area contributed by atoms with Crippen molar-refractivity contribution in [1.82, 2.24) is 0 Å². The van der Waals surface area contributed by atoms with Crippen LogP contribution in [0.25, 0.3) is 17.4 Å². The second-order valence-corrected chi connectivity index (χ2v) is 3.63. The quantitative estimate of drug-likeness (QED) is 0.471. The van der Waals surface area contributed by atoms with Gasteiger partial charge in [-0.15, -0.1) is 0 Å². The number of hydrogen-bond acceptors (Lipinski definition) is 5. The summed E-state index contributed by atoms with van der Waals surface area (Å²) in [6.07, 6.45) is 2.04. The maximum absolute atomic E-state index is 10.9. The van der Waals surface area contributed by atoms with E-state index in [9.17, 15) is 20.0 Å². The van der Waals surface area contributed by atoms with Crippen LogP contribution in [0.3, 0.4) is 0 Å². The summed E-state index contributed by atoms with van der Waals surface area (Å²) in [4.78, 5) is 20.6. The van der Waals surface area contributed by atoms with E-state index < -0.39 is 10.9 Å². The van der Waals surface area contributed by atoms with Crippen molar-refractivity contribution >= 4 is 17.7 Å². The Kier molecular flexibility index (Phi) is 3.42. The molecule has 6 nitrogen and oxygen atoms in total. The normalized spacial score (nSPS) is 10.7. The standard InChI is InChI=1S/C13H9NO5/c15-13(16)8-6-9-5-7-12(19-9)10-3-1-2-4-11(10)14(17)18/h1-8H,(H,15,16)/p-1. The van der Waals surface area contributed by atoms with E-state index in [4.69, 9.17) is 4.42 Å². The number of hydrogen-bond donors (Lipinski definition) is 0. The van der Waals surface area contributed by atoms with Gasteiger partial charge in [0.1, 0.15) is 11.5 Å². The molecule has 0 aliphatic rings. The number of benzene rings is 1. The van der Waals surface area contributed by atoms with Crippen molar-refractivity contribution in [3.05, 3.63) is 58.3 Å². The zero-order valence-corrected chi connectivity index (χ0v) is 9.61. The topological polar surface area (TPSA) is 96.4 Å². The van der Waals surface area contributed by atoms with E-state index in [1.54, 1.807) is 18.2 Å². The maximum atomic E-state index is 10.9. The number of nitrogens with zero attached hydrogens (tertiary/aromatic N) is 1. The second kappa shape index (κ2) is 5.18. The summed E-state index contributed by atoms with van der Waals surface area (Å²) in [5.41, 5.74) is 0.257. The van der Waals surface area contributed by atoms with E-state index in [1.807, 2.05) is 0 Å². The molecule has 0 aliphatic heterocycles. The molecule has 96 valence electrons. The molecule has 0 saturated carbocycles. The van der Waals surface area contributed by atoms with Crippen molar-refractivity contribution in [2.45, 2.75) is 0 Å². The number of nitro benzene ring substituents is 1. The van der Waals surface area contributed by atoms with Crippen LogP contribution >= 0.6 is 0 Å². The summed E-state index contributed by atoms with van der Waals surface area (Å²) >= 11 is 0. The minimum absolute atomic E-state index is 0.0766. The first-order chi connectivity index (χ1) is 9.08. The number of para-hydroxylation sites is 1. The van der Waals surface area contributed by atoms with Crippen LogP contribution in [0.2, 0.25) is 0 Å². The van der Waals surface area contributed by atoms with Gasteiger partial charge in [-0.3, -0.25) is 10.1 Å². The molecule has 0 amide bonds. The van der Waals surface area contributed by atoms with Crippen LogP contribution in [0.1, 0.15) is 5.76 Å². The smallest absolute Gasteiger partial charge is 0.280 e. The number of carbonyl (C=O) groups is 1. The van der Waals surface area contributed by atoms with Crippen molar-refractivity contribution in [3.8, 4) is 11.3 Å². The third kappa shape index (κ3) is 2.86. The fraction of sp³-hybridized carbons (Fsp3) is 0. The third-order valence-electron chi connectivity index (χ3n) is 2.38. The first kappa shape index (κ1) is 12.6. The molecule has 0 N–H and O–H groups in total. The van der Waals surface area contributed by atoms with Gasteiger partial charge in [0.25, 0.3) is 5.69 Å². The van der Waals surface area contributed by atoms with Crippen LogP contribution in [0.15, 0.2) is 46.9 Å². The number of carboxylic acids is 1. The van der Waals surface area contributed by atoms with Gasteiger partial charge in [0.05, 0.1) is 16.5 Å². The van der Waals surface area contributed by atoms with Crippen molar-refractivity contribution < 1.29 is 19.2 Å². The Hall–Kier alpha value is -2.89. The molecule has 0 aliphatic carbocycles. The van der Waals surface area contributed by atoms with E-state index in [0.29, 0.717) is 11.3 Å². The molecule has 6 heteroatoms. The minimum Gasteiger partial charge on any atom is -0.545 e. The Morgan fingerprint density at radius 3 is 2.63 bits per heavy atom. The van der Waals surface area contributed by atoms with Crippen LogP contribution < -0.4 is 5.11 Å². The summed E-state index contributed by atoms with van der Waals surface area (Å²) in [5, 5.41) is 21.1. The van der Waals surface area contributed by atoms with Crippen molar-refractivity contribution in [2.24, 2.45) is 0 Å². The predicted octanol–water partition coefficient (Wildman–Crippen LogP) is 1.62. The fourth-order valence-electron chi connectivity index (χ4n) is 1.58. The van der Waals surface area contributed by atoms with E-state index in [-0.39, 0.29) is 11.4 Å². The van der Waals surface area contributed by atoms with Gasteiger partial charge in [0, 0.05) is 6.07 Å². The highest BCUT2D eigenvalue weighted by atomic mass is 16.6. The van der Waals surface area contributed by atoms with Gasteiger partial charge < -0.3 is 14.3 Å². The van der Waals surface area contributed by atoms with Gasteiger partial charge in [-0.25, -0.2) is 0 Å². The van der Waals surface area contributed by atoms with Crippen LogP contribution in [0, 0.1) is 10.1 Å². The summed E-state index contributed by atoms with van der Waals surface area (Å²) in [6, 6.07) is 9.20. The van der Waals surface area contributed by atoms with Crippen molar-refractivity contribution in [2.75, 3.05) is 0 Å². The zero-order valence-electron chi connectivity index (χ0n) is 9.61. The highest BCUT2D eigenvalue weighted by molar-refractivity contribution is 5.83. The van der Waals surface area contributed by atoms with E-state index in [2.05, 4.69) is 0 Å². The van der Waals surface area contributed by atoms with Gasteiger partial charge in [-0.05, 0) is 30.4 Å². The average molecular weight is 258 g/mol. The van der Waals surface area contributed by atoms with Crippen molar-refractivity contribution in [3.63, 3.8) is 0 Å². The number of carbonyl (C=O) groups excluding carboxylic acids is 1. The summed E-state index contributed by atoms with van der Waals surface area (Å²) in [7, 11) is 0. The Balaban J connectivity index is 2.38. The molecule has 0 atom stereocenters. The molecule has 1 heterocycles. The third-order valence-corrected chi connectivity index (χ3v) is 2.38. The number of furan rings is 1. The van der Waals surface area contributed by atoms with Crippen LogP contribution in [-0.2, 0) is 4.79 Å². The lowest BCUT2D eigenvalue weighted by molar-refractivity contribution is -0.384. The molecule has 0 fully saturated rings. The van der Waals surface area contributed by atoms with Crippen molar-refractivity contribution in [1.29, 1.82) is 0 Å². The molecule has 0 radical (unpaired) electrons. The molecule has 19 heavy (non-hydrogen) atoms. The molecule has 0 unspecified atom stereocenters. The van der Waals surface area contributed by atoms with Gasteiger partial charge in [0.15, 0.2) is 0 Å². The molecular formula is C13H8NO5-. The number of aliphatic carboxylic acids is 1. The van der Waals surface area contributed by atoms with Gasteiger partial charge in [-0.1, -0.05) is 12.1 Å². The summed E-state index contributed by atoms with van der Waals surface area (Å²) < 4.78 is 5.33. The Bertz CT molecular complexity index is 657. The minimum atomic E-state index is -1.34. The lowest BCUT2D eigenvalue weighted by Gasteiger charge is -1.98. The highest BCUT2D eigenvalue weighted by Crippen LogP contribution is 2.30. The lowest BCUT2D eigenvalue weighted by atomic mass is 10.1. The summed E-state index contributed by atoms with van der Waals surface area (Å²) in [6.45, 7) is 0. The number of carboxylic acid groups (broad SMARTS) is 1. The highest BCUT2D eigenvalue weighted by Gasteiger charge is 2.16. The molecule has 0 spiro atoms. The lowest BCUT2D eigenvalue weighted by Crippen LogP contribution is -2.18. The average Bonchev–Trinajstić information content (AvgIpc) is 2.85. The molecule has 0 saturated heterocycles. The fourth-order valence-corrected chi connectivity index (χ4v) is 1.58.